The van der Waals surface area contributed by atoms with Crippen LogP contribution in [0.1, 0.15) is 31.2 Å². The molecule has 2 aliphatic heterocycles. The Balaban J connectivity index is 1.29. The van der Waals surface area contributed by atoms with E-state index in [1.807, 2.05) is 17.0 Å². The van der Waals surface area contributed by atoms with Crippen LogP contribution in [0.3, 0.4) is 0 Å². The molecule has 152 valence electrons. The third kappa shape index (κ3) is 5.20. The molecule has 0 spiro atoms. The van der Waals surface area contributed by atoms with Crippen molar-refractivity contribution >= 4 is 23.4 Å². The topological polar surface area (TPSA) is 26.8 Å². The van der Waals surface area contributed by atoms with Gasteiger partial charge in [-0.05, 0) is 48.7 Å². The number of benzene rings is 2. The van der Waals surface area contributed by atoms with Gasteiger partial charge < -0.3 is 14.7 Å². The molecule has 2 saturated heterocycles. The summed E-state index contributed by atoms with van der Waals surface area (Å²) in [4.78, 5) is 19.4. The van der Waals surface area contributed by atoms with Gasteiger partial charge in [-0.2, -0.15) is 0 Å². The van der Waals surface area contributed by atoms with E-state index in [0.717, 1.165) is 44.8 Å². The fourth-order valence-electron chi connectivity index (χ4n) is 4.22. The first-order valence-electron chi connectivity index (χ1n) is 10.9. The normalized spacial score (nSPS) is 18.1. The van der Waals surface area contributed by atoms with Crippen LogP contribution in [0.5, 0.6) is 0 Å². The lowest BCUT2D eigenvalue weighted by Crippen LogP contribution is -2.48. The minimum absolute atomic E-state index is 0.106. The van der Waals surface area contributed by atoms with E-state index < -0.39 is 0 Å². The standard InChI is InChI=1S/C25H31N3O/c29-25(28-20-18-27(19-21-28)23-8-4-3-5-9-23)15-12-22-10-13-24(14-11-22)26-16-6-1-2-7-17-26/h3-5,8-15H,1-2,6-7,16-21H2/b15-12+. The Morgan fingerprint density at radius 3 is 1.90 bits per heavy atom. The molecule has 0 saturated carbocycles. The van der Waals surface area contributed by atoms with Crippen LogP contribution >= 0.6 is 0 Å². The van der Waals surface area contributed by atoms with Crippen LogP contribution < -0.4 is 9.80 Å². The molecule has 0 radical (unpaired) electrons. The van der Waals surface area contributed by atoms with Crippen molar-refractivity contribution in [2.75, 3.05) is 49.1 Å². The summed E-state index contributed by atoms with van der Waals surface area (Å²) in [6.07, 6.45) is 8.93. The minimum atomic E-state index is 0.106. The lowest BCUT2D eigenvalue weighted by atomic mass is 10.1. The van der Waals surface area contributed by atoms with E-state index in [9.17, 15) is 4.79 Å². The molecule has 0 bridgehead atoms. The van der Waals surface area contributed by atoms with E-state index >= 15 is 0 Å². The Bertz CT molecular complexity index is 800. The lowest BCUT2D eigenvalue weighted by molar-refractivity contribution is -0.126. The van der Waals surface area contributed by atoms with Gasteiger partial charge >= 0.3 is 0 Å². The van der Waals surface area contributed by atoms with Gasteiger partial charge in [-0.25, -0.2) is 0 Å². The van der Waals surface area contributed by atoms with Crippen LogP contribution in [-0.4, -0.2) is 50.1 Å². The summed E-state index contributed by atoms with van der Waals surface area (Å²) in [6.45, 7) is 5.62. The first-order valence-corrected chi connectivity index (χ1v) is 10.9. The maximum Gasteiger partial charge on any atom is 0.246 e. The highest BCUT2D eigenvalue weighted by Gasteiger charge is 2.19. The number of hydrogen-bond acceptors (Lipinski definition) is 3. The van der Waals surface area contributed by atoms with E-state index in [4.69, 9.17) is 0 Å². The second kappa shape index (κ2) is 9.64. The van der Waals surface area contributed by atoms with Gasteiger partial charge in [0.25, 0.3) is 0 Å². The summed E-state index contributed by atoms with van der Waals surface area (Å²) in [5, 5.41) is 0. The van der Waals surface area contributed by atoms with Gasteiger partial charge in [0, 0.05) is 56.7 Å². The number of carbonyl (C=O) groups excluding carboxylic acids is 1. The first kappa shape index (κ1) is 19.6. The lowest BCUT2D eigenvalue weighted by Gasteiger charge is -2.35. The average Bonchev–Trinajstić information content (AvgIpc) is 3.08. The summed E-state index contributed by atoms with van der Waals surface area (Å²) in [7, 11) is 0. The van der Waals surface area contributed by atoms with Crippen molar-refractivity contribution in [3.05, 3.63) is 66.2 Å². The number of piperazine rings is 1. The molecule has 0 unspecified atom stereocenters. The summed E-state index contributed by atoms with van der Waals surface area (Å²) in [5.41, 5.74) is 3.62. The zero-order valence-electron chi connectivity index (χ0n) is 17.2. The zero-order chi connectivity index (χ0) is 19.9. The molecule has 2 heterocycles. The molecule has 4 nitrogen and oxygen atoms in total. The number of anilines is 2. The van der Waals surface area contributed by atoms with Crippen molar-refractivity contribution < 1.29 is 4.79 Å². The van der Waals surface area contributed by atoms with Gasteiger partial charge in [0.1, 0.15) is 0 Å². The van der Waals surface area contributed by atoms with E-state index in [2.05, 4.69) is 58.3 Å². The van der Waals surface area contributed by atoms with Crippen molar-refractivity contribution in [3.8, 4) is 0 Å². The van der Waals surface area contributed by atoms with Gasteiger partial charge in [-0.3, -0.25) is 4.79 Å². The second-order valence-electron chi connectivity index (χ2n) is 7.97. The molecule has 2 aliphatic rings. The Labute approximate surface area is 174 Å². The number of para-hydroxylation sites is 1. The van der Waals surface area contributed by atoms with Crippen molar-refractivity contribution in [2.24, 2.45) is 0 Å². The van der Waals surface area contributed by atoms with Crippen LogP contribution in [0.15, 0.2) is 60.7 Å². The third-order valence-corrected chi connectivity index (χ3v) is 6.00. The number of rotatable bonds is 4. The quantitative estimate of drug-likeness (QED) is 0.724. The van der Waals surface area contributed by atoms with Crippen LogP contribution in [0.25, 0.3) is 6.08 Å². The molecule has 4 heteroatoms. The molecule has 4 rings (SSSR count). The van der Waals surface area contributed by atoms with Crippen molar-refractivity contribution in [3.63, 3.8) is 0 Å². The Kier molecular flexibility index (Phi) is 6.50. The molecule has 29 heavy (non-hydrogen) atoms. The SMILES string of the molecule is O=C(/C=C/c1ccc(N2CCCCCC2)cc1)N1CCN(c2ccccc2)CC1. The molecule has 1 amide bonds. The highest BCUT2D eigenvalue weighted by molar-refractivity contribution is 5.92. The molecular weight excluding hydrogens is 358 g/mol. The molecule has 2 fully saturated rings. The molecule has 2 aromatic carbocycles. The van der Waals surface area contributed by atoms with Crippen LogP contribution in [-0.2, 0) is 4.79 Å². The number of hydrogen-bond donors (Lipinski definition) is 0. The van der Waals surface area contributed by atoms with Crippen molar-refractivity contribution in [2.45, 2.75) is 25.7 Å². The van der Waals surface area contributed by atoms with E-state index in [1.54, 1.807) is 6.08 Å². The smallest absolute Gasteiger partial charge is 0.246 e. The number of carbonyl (C=O) groups is 1. The van der Waals surface area contributed by atoms with E-state index in [-0.39, 0.29) is 5.91 Å². The largest absolute Gasteiger partial charge is 0.372 e. The second-order valence-corrected chi connectivity index (χ2v) is 7.97. The summed E-state index contributed by atoms with van der Waals surface area (Å²) < 4.78 is 0. The van der Waals surface area contributed by atoms with Crippen LogP contribution in [0.2, 0.25) is 0 Å². The minimum Gasteiger partial charge on any atom is -0.372 e. The van der Waals surface area contributed by atoms with Gasteiger partial charge in [-0.15, -0.1) is 0 Å². The average molecular weight is 390 g/mol. The highest BCUT2D eigenvalue weighted by atomic mass is 16.2. The Morgan fingerprint density at radius 1 is 0.655 bits per heavy atom. The number of nitrogens with zero attached hydrogens (tertiary/aromatic N) is 3. The van der Waals surface area contributed by atoms with Gasteiger partial charge in [-0.1, -0.05) is 43.2 Å². The fourth-order valence-corrected chi connectivity index (χ4v) is 4.22. The number of amides is 1. The zero-order valence-corrected chi connectivity index (χ0v) is 17.2. The maximum atomic E-state index is 12.6. The Morgan fingerprint density at radius 2 is 1.24 bits per heavy atom. The predicted molar refractivity (Wildman–Crippen MR) is 121 cm³/mol. The summed E-state index contributed by atoms with van der Waals surface area (Å²) in [5.74, 6) is 0.106. The predicted octanol–water partition coefficient (Wildman–Crippen LogP) is 4.43. The third-order valence-electron chi connectivity index (χ3n) is 6.00. The van der Waals surface area contributed by atoms with Crippen LogP contribution in [0, 0.1) is 0 Å². The summed E-state index contributed by atoms with van der Waals surface area (Å²) in [6, 6.07) is 19.0. The van der Waals surface area contributed by atoms with Gasteiger partial charge in [0.15, 0.2) is 0 Å². The monoisotopic (exact) mass is 389 g/mol. The Hall–Kier alpha value is -2.75. The molecular formula is C25H31N3O. The first-order chi connectivity index (χ1) is 14.3. The van der Waals surface area contributed by atoms with Gasteiger partial charge in [0.05, 0.1) is 0 Å². The van der Waals surface area contributed by atoms with Crippen molar-refractivity contribution in [1.82, 2.24) is 4.90 Å². The molecule has 0 N–H and O–H groups in total. The van der Waals surface area contributed by atoms with E-state index in [1.165, 1.54) is 37.1 Å². The molecule has 0 aliphatic carbocycles. The molecule has 2 aromatic rings. The van der Waals surface area contributed by atoms with E-state index in [0.29, 0.717) is 0 Å². The van der Waals surface area contributed by atoms with Gasteiger partial charge in [0.2, 0.25) is 5.91 Å². The molecule has 0 aromatic heterocycles. The summed E-state index contributed by atoms with van der Waals surface area (Å²) >= 11 is 0. The highest BCUT2D eigenvalue weighted by Crippen LogP contribution is 2.21. The van der Waals surface area contributed by atoms with Crippen LogP contribution in [0.4, 0.5) is 11.4 Å². The fraction of sp³-hybridized carbons (Fsp3) is 0.400. The molecule has 0 atom stereocenters. The maximum absolute atomic E-state index is 12.6. The van der Waals surface area contributed by atoms with Crippen molar-refractivity contribution in [1.29, 1.82) is 0 Å².